The zero-order chi connectivity index (χ0) is 14.0. The Hall–Kier alpha value is -1.81. The summed E-state index contributed by atoms with van der Waals surface area (Å²) in [6.07, 6.45) is -0.358. The normalized spacial score (nSPS) is 10.5. The molecule has 0 bridgehead atoms. The number of halogens is 4. The average Bonchev–Trinajstić information content (AvgIpc) is 2.35. The van der Waals surface area contributed by atoms with Gasteiger partial charge in [-0.2, -0.15) is 0 Å². The van der Waals surface area contributed by atoms with Gasteiger partial charge in [0.05, 0.1) is 5.56 Å². The number of carbonyl (C=O) groups is 1. The molecule has 0 saturated carbocycles. The summed E-state index contributed by atoms with van der Waals surface area (Å²) in [7, 11) is 0. The van der Waals surface area contributed by atoms with Crippen LogP contribution in [0, 0.1) is 17.5 Å². The van der Waals surface area contributed by atoms with E-state index in [4.69, 9.17) is 11.6 Å². The summed E-state index contributed by atoms with van der Waals surface area (Å²) >= 11 is 5.67. The third-order valence-corrected chi connectivity index (χ3v) is 2.83. The van der Waals surface area contributed by atoms with Crippen LogP contribution in [-0.2, 0) is 6.42 Å². The Kier molecular flexibility index (Phi) is 3.90. The molecule has 19 heavy (non-hydrogen) atoms. The van der Waals surface area contributed by atoms with Gasteiger partial charge in [-0.1, -0.05) is 17.7 Å². The van der Waals surface area contributed by atoms with Crippen LogP contribution in [-0.4, -0.2) is 5.78 Å². The molecule has 0 radical (unpaired) electrons. The molecule has 0 aliphatic rings. The van der Waals surface area contributed by atoms with Crippen molar-refractivity contribution >= 4 is 17.4 Å². The van der Waals surface area contributed by atoms with E-state index in [0.717, 1.165) is 18.2 Å². The summed E-state index contributed by atoms with van der Waals surface area (Å²) in [5.74, 6) is -2.92. The van der Waals surface area contributed by atoms with Crippen molar-refractivity contribution in [2.75, 3.05) is 0 Å². The molecule has 0 saturated heterocycles. The first kappa shape index (κ1) is 13.6. The van der Waals surface area contributed by atoms with Crippen LogP contribution in [0.15, 0.2) is 36.4 Å². The van der Waals surface area contributed by atoms with E-state index in [2.05, 4.69) is 0 Å². The molecule has 98 valence electrons. The van der Waals surface area contributed by atoms with Gasteiger partial charge in [-0.3, -0.25) is 4.79 Å². The van der Waals surface area contributed by atoms with Crippen LogP contribution >= 0.6 is 11.6 Å². The van der Waals surface area contributed by atoms with E-state index in [1.807, 2.05) is 0 Å². The molecule has 1 nitrogen and oxygen atoms in total. The predicted molar refractivity (Wildman–Crippen MR) is 65.8 cm³/mol. The van der Waals surface area contributed by atoms with Gasteiger partial charge in [-0.15, -0.1) is 0 Å². The van der Waals surface area contributed by atoms with Crippen LogP contribution < -0.4 is 0 Å². The highest BCUT2D eigenvalue weighted by Crippen LogP contribution is 2.18. The van der Waals surface area contributed by atoms with E-state index < -0.39 is 23.2 Å². The third kappa shape index (κ3) is 3.15. The molecule has 2 rings (SSSR count). The molecular formula is C14H8ClF3O. The Morgan fingerprint density at radius 2 is 1.74 bits per heavy atom. The standard InChI is InChI=1S/C14H8ClF3O/c15-9-2-4-12(17)11(6-9)14(19)5-8-1-3-10(16)7-13(8)18/h1-4,6-7H,5H2. The summed E-state index contributed by atoms with van der Waals surface area (Å²) in [5, 5.41) is 0.212. The lowest BCUT2D eigenvalue weighted by molar-refractivity contribution is 0.0988. The van der Waals surface area contributed by atoms with Gasteiger partial charge in [0.25, 0.3) is 0 Å². The fraction of sp³-hybridized carbons (Fsp3) is 0.0714. The number of carbonyl (C=O) groups excluding carboxylic acids is 1. The van der Waals surface area contributed by atoms with Gasteiger partial charge in [-0.05, 0) is 29.8 Å². The van der Waals surface area contributed by atoms with Gasteiger partial charge in [0.2, 0.25) is 0 Å². The van der Waals surface area contributed by atoms with E-state index in [0.29, 0.717) is 6.07 Å². The Labute approximate surface area is 112 Å². The van der Waals surface area contributed by atoms with Crippen molar-refractivity contribution in [3.63, 3.8) is 0 Å². The van der Waals surface area contributed by atoms with Gasteiger partial charge < -0.3 is 0 Å². The molecule has 0 spiro atoms. The Morgan fingerprint density at radius 3 is 2.42 bits per heavy atom. The molecule has 0 aliphatic heterocycles. The second-order valence-electron chi connectivity index (χ2n) is 3.96. The van der Waals surface area contributed by atoms with Gasteiger partial charge in [0.1, 0.15) is 17.5 Å². The van der Waals surface area contributed by atoms with E-state index in [9.17, 15) is 18.0 Å². The highest BCUT2D eigenvalue weighted by atomic mass is 35.5. The molecular weight excluding hydrogens is 277 g/mol. The molecule has 0 atom stereocenters. The maximum Gasteiger partial charge on any atom is 0.170 e. The lowest BCUT2D eigenvalue weighted by Crippen LogP contribution is -2.07. The fourth-order valence-corrected chi connectivity index (χ4v) is 1.82. The third-order valence-electron chi connectivity index (χ3n) is 2.59. The molecule has 0 aliphatic carbocycles. The highest BCUT2D eigenvalue weighted by Gasteiger charge is 2.15. The zero-order valence-corrected chi connectivity index (χ0v) is 10.3. The average molecular weight is 285 g/mol. The summed E-state index contributed by atoms with van der Waals surface area (Å²) in [6, 6.07) is 6.44. The molecule has 2 aromatic rings. The molecule has 0 amide bonds. The maximum absolute atomic E-state index is 13.5. The fourth-order valence-electron chi connectivity index (χ4n) is 1.64. The number of benzene rings is 2. The largest absolute Gasteiger partial charge is 0.294 e. The lowest BCUT2D eigenvalue weighted by Gasteiger charge is -2.05. The van der Waals surface area contributed by atoms with Crippen LogP contribution in [0.25, 0.3) is 0 Å². The van der Waals surface area contributed by atoms with E-state index in [-0.39, 0.29) is 22.6 Å². The second-order valence-corrected chi connectivity index (χ2v) is 4.40. The summed E-state index contributed by atoms with van der Waals surface area (Å²) < 4.78 is 39.6. The second kappa shape index (κ2) is 5.45. The topological polar surface area (TPSA) is 17.1 Å². The van der Waals surface area contributed by atoms with Crippen molar-refractivity contribution in [2.24, 2.45) is 0 Å². The summed E-state index contributed by atoms with van der Waals surface area (Å²) in [4.78, 5) is 11.9. The van der Waals surface area contributed by atoms with Gasteiger partial charge in [0, 0.05) is 17.5 Å². The van der Waals surface area contributed by atoms with Gasteiger partial charge >= 0.3 is 0 Å². The quantitative estimate of drug-likeness (QED) is 0.773. The number of rotatable bonds is 3. The SMILES string of the molecule is O=C(Cc1ccc(F)cc1F)c1cc(Cl)ccc1F. The Balaban J connectivity index is 2.28. The number of hydrogen-bond donors (Lipinski definition) is 0. The van der Waals surface area contributed by atoms with Crippen molar-refractivity contribution in [2.45, 2.75) is 6.42 Å². The van der Waals surface area contributed by atoms with Crippen molar-refractivity contribution in [1.82, 2.24) is 0 Å². The van der Waals surface area contributed by atoms with Crippen LogP contribution in [0.3, 0.4) is 0 Å². The van der Waals surface area contributed by atoms with Gasteiger partial charge in [-0.25, -0.2) is 13.2 Å². The first-order valence-corrected chi connectivity index (χ1v) is 5.77. The summed E-state index contributed by atoms with van der Waals surface area (Å²) in [6.45, 7) is 0. The smallest absolute Gasteiger partial charge is 0.170 e. The molecule has 0 fully saturated rings. The van der Waals surface area contributed by atoms with Crippen LogP contribution in [0.1, 0.15) is 15.9 Å². The van der Waals surface area contributed by atoms with E-state index in [1.165, 1.54) is 12.1 Å². The molecule has 0 aromatic heterocycles. The number of Topliss-reactive ketones (excluding diaryl/α,β-unsaturated/α-hetero) is 1. The number of hydrogen-bond acceptors (Lipinski definition) is 1. The zero-order valence-electron chi connectivity index (χ0n) is 9.59. The van der Waals surface area contributed by atoms with Crippen molar-refractivity contribution in [3.05, 3.63) is 70.0 Å². The molecule has 0 N–H and O–H groups in total. The molecule has 0 heterocycles. The minimum absolute atomic E-state index is 0.00535. The van der Waals surface area contributed by atoms with Crippen molar-refractivity contribution < 1.29 is 18.0 Å². The monoisotopic (exact) mass is 284 g/mol. The number of ketones is 1. The van der Waals surface area contributed by atoms with E-state index >= 15 is 0 Å². The molecule has 5 heteroatoms. The minimum Gasteiger partial charge on any atom is -0.294 e. The van der Waals surface area contributed by atoms with Crippen LogP contribution in [0.5, 0.6) is 0 Å². The molecule has 2 aromatic carbocycles. The van der Waals surface area contributed by atoms with Crippen LogP contribution in [0.4, 0.5) is 13.2 Å². The molecule has 0 unspecified atom stereocenters. The minimum atomic E-state index is -0.837. The van der Waals surface area contributed by atoms with Crippen LogP contribution in [0.2, 0.25) is 5.02 Å². The first-order valence-electron chi connectivity index (χ1n) is 5.39. The van der Waals surface area contributed by atoms with E-state index in [1.54, 1.807) is 0 Å². The Morgan fingerprint density at radius 1 is 1.00 bits per heavy atom. The maximum atomic E-state index is 13.5. The van der Waals surface area contributed by atoms with Crippen molar-refractivity contribution in [1.29, 1.82) is 0 Å². The highest BCUT2D eigenvalue weighted by molar-refractivity contribution is 6.31. The Bertz CT molecular complexity index is 641. The lowest BCUT2D eigenvalue weighted by atomic mass is 10.0. The summed E-state index contributed by atoms with van der Waals surface area (Å²) in [5.41, 5.74) is -0.206. The predicted octanol–water partition coefficient (Wildman–Crippen LogP) is 4.18. The van der Waals surface area contributed by atoms with Crippen molar-refractivity contribution in [3.8, 4) is 0 Å². The first-order chi connectivity index (χ1) is 8.97. The van der Waals surface area contributed by atoms with Gasteiger partial charge in [0.15, 0.2) is 5.78 Å².